The van der Waals surface area contributed by atoms with Gasteiger partial charge >= 0.3 is 5.97 Å². The van der Waals surface area contributed by atoms with Crippen molar-refractivity contribution in [2.24, 2.45) is 0 Å². The molecule has 3 nitrogen and oxygen atoms in total. The maximum atomic E-state index is 13.0. The predicted octanol–water partition coefficient (Wildman–Crippen LogP) is 2.77. The van der Waals surface area contributed by atoms with Crippen LogP contribution in [0.15, 0.2) is 42.5 Å². The van der Waals surface area contributed by atoms with Crippen molar-refractivity contribution in [3.05, 3.63) is 48.0 Å². The Balaban J connectivity index is 2.72. The molecule has 1 aromatic rings. The van der Waals surface area contributed by atoms with Crippen molar-refractivity contribution in [2.75, 3.05) is 20.6 Å². The number of hydrogen-bond donors (Lipinski definition) is 0. The van der Waals surface area contributed by atoms with Crippen LogP contribution in [0.4, 0.5) is 0 Å². The zero-order chi connectivity index (χ0) is 19.6. The van der Waals surface area contributed by atoms with Gasteiger partial charge in [0.15, 0.2) is 0 Å². The third-order valence-electron chi connectivity index (χ3n) is 3.74. The van der Waals surface area contributed by atoms with Crippen molar-refractivity contribution in [3.63, 3.8) is 0 Å². The first-order valence-electron chi connectivity index (χ1n) is 9.74. The minimum atomic E-state index is -2.91. The van der Waals surface area contributed by atoms with Gasteiger partial charge in [0.05, 0.1) is 6.61 Å². The molecule has 0 bridgehead atoms. The lowest BCUT2D eigenvalue weighted by Crippen LogP contribution is -2.54. The normalized spacial score (nSPS) is 31.4. The first-order chi connectivity index (χ1) is 12.0. The second-order valence-electron chi connectivity index (χ2n) is 4.84. The Labute approximate surface area is 129 Å². The summed E-state index contributed by atoms with van der Waals surface area (Å²) in [6.07, 6.45) is 4.00. The molecule has 0 amide bonds. The number of rotatable bonds is 4. The Bertz CT molecular complexity index is 641. The van der Waals surface area contributed by atoms with Gasteiger partial charge in [-0.25, -0.2) is 0 Å². The van der Waals surface area contributed by atoms with Crippen molar-refractivity contribution in [1.29, 1.82) is 0 Å². The van der Waals surface area contributed by atoms with E-state index < -0.39 is 31.4 Å². The maximum absolute atomic E-state index is 13.0. The summed E-state index contributed by atoms with van der Waals surface area (Å²) in [5.74, 6) is -0.612. The fourth-order valence-electron chi connectivity index (χ4n) is 2.81. The van der Waals surface area contributed by atoms with Crippen LogP contribution in [0.2, 0.25) is 0 Å². The first kappa shape index (κ1) is 8.63. The van der Waals surface area contributed by atoms with Crippen LogP contribution in [-0.4, -0.2) is 37.5 Å². The third kappa shape index (κ3) is 2.50. The van der Waals surface area contributed by atoms with E-state index in [0.29, 0.717) is 16.9 Å². The first-order valence-corrected chi connectivity index (χ1v) is 6.74. The van der Waals surface area contributed by atoms with E-state index in [1.54, 1.807) is 43.3 Å². The van der Waals surface area contributed by atoms with Gasteiger partial charge in [0.25, 0.3) is 0 Å². The largest absolute Gasteiger partial charge is 0.465 e. The third-order valence-corrected chi connectivity index (χ3v) is 3.74. The molecule has 2 rings (SSSR count). The fraction of sp³-hybridized carbons (Fsp3) is 0.471. The summed E-state index contributed by atoms with van der Waals surface area (Å²) < 4.78 is 51.9. The standard InChI is InChI=1S/C17H23NO2/c1-4-20-16(19)17(14-10-6-5-7-11-14)13-9-8-12-15(17)18(2)3/h5-8,10-12,15H,4,9,13H2,1-3H3/t15-,17+/m0/s1/i2D3,3D3. The molecule has 1 aliphatic rings. The molecule has 0 saturated heterocycles. The molecule has 20 heavy (non-hydrogen) atoms. The van der Waals surface area contributed by atoms with Crippen molar-refractivity contribution in [1.82, 2.24) is 4.90 Å². The molecule has 1 aliphatic carbocycles. The molecule has 0 heterocycles. The Morgan fingerprint density at radius 3 is 2.85 bits per heavy atom. The highest BCUT2D eigenvalue weighted by molar-refractivity contribution is 5.85. The fourth-order valence-corrected chi connectivity index (χ4v) is 2.81. The monoisotopic (exact) mass is 279 g/mol. The topological polar surface area (TPSA) is 29.5 Å². The number of carbonyl (C=O) groups is 1. The number of ether oxygens (including phenoxy) is 1. The van der Waals surface area contributed by atoms with Gasteiger partial charge in [0, 0.05) is 14.3 Å². The van der Waals surface area contributed by atoms with Crippen LogP contribution in [0.1, 0.15) is 33.6 Å². The number of allylic oxidation sites excluding steroid dienone is 1. The van der Waals surface area contributed by atoms with Crippen LogP contribution in [0.5, 0.6) is 0 Å². The molecular weight excluding hydrogens is 250 g/mol. The molecule has 0 spiro atoms. The predicted molar refractivity (Wildman–Crippen MR) is 80.6 cm³/mol. The van der Waals surface area contributed by atoms with Gasteiger partial charge in [-0.1, -0.05) is 42.5 Å². The summed E-state index contributed by atoms with van der Waals surface area (Å²) in [5, 5.41) is 0. The van der Waals surface area contributed by atoms with E-state index in [-0.39, 0.29) is 13.0 Å². The molecule has 0 radical (unpaired) electrons. The zero-order valence-corrected chi connectivity index (χ0v) is 11.5. The van der Waals surface area contributed by atoms with Gasteiger partial charge in [-0.3, -0.25) is 4.79 Å². The van der Waals surface area contributed by atoms with E-state index in [2.05, 4.69) is 0 Å². The lowest BCUT2D eigenvalue weighted by atomic mass is 9.68. The Morgan fingerprint density at radius 2 is 2.20 bits per heavy atom. The molecule has 0 fully saturated rings. The number of likely N-dealkylation sites (N-methyl/N-ethyl adjacent to an activating group) is 1. The summed E-state index contributed by atoms with van der Waals surface area (Å²) in [7, 11) is 0. The Hall–Kier alpha value is -1.61. The highest BCUT2D eigenvalue weighted by Crippen LogP contribution is 2.40. The second kappa shape index (κ2) is 6.23. The van der Waals surface area contributed by atoms with E-state index in [4.69, 9.17) is 13.0 Å². The van der Waals surface area contributed by atoms with E-state index >= 15 is 0 Å². The van der Waals surface area contributed by atoms with Gasteiger partial charge in [-0.2, -0.15) is 0 Å². The van der Waals surface area contributed by atoms with E-state index in [9.17, 15) is 4.79 Å². The zero-order valence-electron chi connectivity index (χ0n) is 17.5. The smallest absolute Gasteiger partial charge is 0.318 e. The SMILES string of the molecule is [2H]C([2H])([2H])N([C@H]1C=CCC[C@@]1(C(=O)OCC)c1ccccc1)C([2H])([2H])[2H]. The van der Waals surface area contributed by atoms with Crippen LogP contribution in [0.25, 0.3) is 0 Å². The minimum Gasteiger partial charge on any atom is -0.465 e. The van der Waals surface area contributed by atoms with E-state index in [0.717, 1.165) is 0 Å². The average Bonchev–Trinajstić information content (AvgIpc) is 2.54. The summed E-state index contributed by atoms with van der Waals surface area (Å²) in [5.41, 5.74) is -0.860. The highest BCUT2D eigenvalue weighted by Gasteiger charge is 2.49. The molecule has 108 valence electrons. The molecule has 0 aliphatic heterocycles. The quantitative estimate of drug-likeness (QED) is 0.627. The van der Waals surface area contributed by atoms with Gasteiger partial charge < -0.3 is 9.64 Å². The van der Waals surface area contributed by atoms with Gasteiger partial charge in [0.1, 0.15) is 5.41 Å². The van der Waals surface area contributed by atoms with Crippen LogP contribution in [0.3, 0.4) is 0 Å². The molecule has 0 unspecified atom stereocenters. The summed E-state index contributed by atoms with van der Waals surface area (Å²) in [4.78, 5) is 13.5. The molecule has 0 saturated carbocycles. The van der Waals surface area contributed by atoms with Crippen LogP contribution >= 0.6 is 0 Å². The molecular formula is C17H23NO2. The van der Waals surface area contributed by atoms with Gasteiger partial charge in [-0.05, 0) is 39.3 Å². The molecule has 0 aromatic heterocycles. The van der Waals surface area contributed by atoms with Crippen molar-refractivity contribution < 1.29 is 17.8 Å². The number of esters is 1. The van der Waals surface area contributed by atoms with E-state index in [1.807, 2.05) is 0 Å². The number of benzene rings is 1. The molecule has 3 heteroatoms. The lowest BCUT2D eigenvalue weighted by Gasteiger charge is -2.42. The number of nitrogens with zero attached hydrogens (tertiary/aromatic N) is 1. The van der Waals surface area contributed by atoms with Crippen molar-refractivity contribution >= 4 is 5.97 Å². The number of carbonyl (C=O) groups excluding carboxylic acids is 1. The molecule has 0 N–H and O–H groups in total. The minimum absolute atomic E-state index is 0.116. The van der Waals surface area contributed by atoms with Crippen LogP contribution < -0.4 is 0 Å². The van der Waals surface area contributed by atoms with Crippen LogP contribution in [0, 0.1) is 0 Å². The Kier molecular flexibility index (Phi) is 2.69. The summed E-state index contributed by atoms with van der Waals surface area (Å²) in [6, 6.07) is 7.49. The van der Waals surface area contributed by atoms with Gasteiger partial charge in [0.2, 0.25) is 0 Å². The molecule has 2 atom stereocenters. The summed E-state index contributed by atoms with van der Waals surface area (Å²) >= 11 is 0. The van der Waals surface area contributed by atoms with Crippen LogP contribution in [-0.2, 0) is 14.9 Å². The maximum Gasteiger partial charge on any atom is 0.318 e. The average molecular weight is 279 g/mol. The second-order valence-corrected chi connectivity index (χ2v) is 4.84. The Morgan fingerprint density at radius 1 is 1.45 bits per heavy atom. The van der Waals surface area contributed by atoms with Crippen molar-refractivity contribution in [3.8, 4) is 0 Å². The van der Waals surface area contributed by atoms with Gasteiger partial charge in [-0.15, -0.1) is 0 Å². The van der Waals surface area contributed by atoms with E-state index in [1.165, 1.54) is 6.08 Å². The summed E-state index contributed by atoms with van der Waals surface area (Å²) in [6.45, 7) is -4.05. The molecule has 1 aromatic carbocycles. The highest BCUT2D eigenvalue weighted by atomic mass is 16.5. The lowest BCUT2D eigenvalue weighted by molar-refractivity contribution is -0.152. The van der Waals surface area contributed by atoms with Crippen molar-refractivity contribution in [2.45, 2.75) is 31.2 Å². The number of hydrogen-bond acceptors (Lipinski definition) is 3.